The van der Waals surface area contributed by atoms with Crippen molar-refractivity contribution in [1.82, 2.24) is 0 Å². The van der Waals surface area contributed by atoms with Crippen molar-refractivity contribution in [3.63, 3.8) is 0 Å². The predicted octanol–water partition coefficient (Wildman–Crippen LogP) is 8.03. The molecule has 1 aromatic rings. The molecule has 0 unspecified atom stereocenters. The Morgan fingerprint density at radius 3 is 1.67 bits per heavy atom. The Morgan fingerprint density at radius 2 is 1.13 bits per heavy atom. The molecular formula is C28H44O2. The SMILES string of the molecule is CCCC1CCC(c2ccc([C@H]3OC[C@H]([C@H]4CC[C@H](CCC)CC4)CO3)cc2)CC1. The molecule has 0 bridgehead atoms. The maximum atomic E-state index is 6.21. The van der Waals surface area contributed by atoms with Gasteiger partial charge in [0.2, 0.25) is 0 Å². The number of hydrogen-bond donors (Lipinski definition) is 0. The van der Waals surface area contributed by atoms with E-state index in [0.717, 1.165) is 36.9 Å². The van der Waals surface area contributed by atoms with E-state index in [1.165, 1.54) is 88.2 Å². The summed E-state index contributed by atoms with van der Waals surface area (Å²) in [4.78, 5) is 0. The van der Waals surface area contributed by atoms with Gasteiger partial charge in [0, 0.05) is 11.5 Å². The van der Waals surface area contributed by atoms with Crippen LogP contribution in [0.3, 0.4) is 0 Å². The minimum atomic E-state index is -0.160. The second-order valence-corrected chi connectivity index (χ2v) is 10.5. The smallest absolute Gasteiger partial charge is 0.183 e. The normalized spacial score (nSPS) is 35.3. The predicted molar refractivity (Wildman–Crippen MR) is 125 cm³/mol. The summed E-state index contributed by atoms with van der Waals surface area (Å²) in [5, 5.41) is 0. The van der Waals surface area contributed by atoms with Gasteiger partial charge in [-0.05, 0) is 67.8 Å². The zero-order valence-electron chi connectivity index (χ0n) is 19.5. The molecule has 2 heteroatoms. The lowest BCUT2D eigenvalue weighted by molar-refractivity contribution is -0.214. The summed E-state index contributed by atoms with van der Waals surface area (Å²) in [6.45, 7) is 6.38. The van der Waals surface area contributed by atoms with Gasteiger partial charge >= 0.3 is 0 Å². The van der Waals surface area contributed by atoms with Crippen molar-refractivity contribution in [2.45, 2.75) is 103 Å². The Bertz CT molecular complexity index is 600. The molecule has 0 spiro atoms. The first-order valence-corrected chi connectivity index (χ1v) is 13.1. The van der Waals surface area contributed by atoms with Crippen LogP contribution < -0.4 is 0 Å². The lowest BCUT2D eigenvalue weighted by Crippen LogP contribution is -2.34. The van der Waals surface area contributed by atoms with Gasteiger partial charge in [0.25, 0.3) is 0 Å². The van der Waals surface area contributed by atoms with Crippen molar-refractivity contribution in [3.05, 3.63) is 35.4 Å². The Kier molecular flexibility index (Phi) is 8.29. The first kappa shape index (κ1) is 22.3. The topological polar surface area (TPSA) is 18.5 Å². The highest BCUT2D eigenvalue weighted by molar-refractivity contribution is 5.26. The van der Waals surface area contributed by atoms with E-state index in [0.29, 0.717) is 5.92 Å². The highest BCUT2D eigenvalue weighted by atomic mass is 16.7. The zero-order valence-corrected chi connectivity index (χ0v) is 19.5. The Labute approximate surface area is 185 Å². The second kappa shape index (κ2) is 11.1. The summed E-state index contributed by atoms with van der Waals surface area (Å²) in [5.41, 5.74) is 2.72. The van der Waals surface area contributed by atoms with E-state index in [2.05, 4.69) is 38.1 Å². The van der Waals surface area contributed by atoms with E-state index in [9.17, 15) is 0 Å². The molecule has 1 heterocycles. The van der Waals surface area contributed by atoms with Gasteiger partial charge in [-0.25, -0.2) is 0 Å². The number of benzene rings is 1. The molecule has 30 heavy (non-hydrogen) atoms. The molecule has 0 aromatic heterocycles. The molecule has 0 atom stereocenters. The fourth-order valence-corrected chi connectivity index (χ4v) is 6.46. The summed E-state index contributed by atoms with van der Waals surface area (Å²) in [5.74, 6) is 4.12. The van der Waals surface area contributed by atoms with Crippen molar-refractivity contribution >= 4 is 0 Å². The van der Waals surface area contributed by atoms with Gasteiger partial charge in [-0.2, -0.15) is 0 Å². The molecule has 0 radical (unpaired) electrons. The third-order valence-electron chi connectivity index (χ3n) is 8.40. The largest absolute Gasteiger partial charge is 0.348 e. The number of hydrogen-bond acceptors (Lipinski definition) is 2. The minimum absolute atomic E-state index is 0.160. The first-order valence-electron chi connectivity index (χ1n) is 13.1. The van der Waals surface area contributed by atoms with Crippen LogP contribution in [-0.4, -0.2) is 13.2 Å². The van der Waals surface area contributed by atoms with Crippen LogP contribution in [0.5, 0.6) is 0 Å². The molecule has 0 amide bonds. The quantitative estimate of drug-likeness (QED) is 0.451. The van der Waals surface area contributed by atoms with Crippen LogP contribution in [0, 0.1) is 23.7 Å². The number of ether oxygens (including phenoxy) is 2. The average molecular weight is 413 g/mol. The first-order chi connectivity index (χ1) is 14.8. The van der Waals surface area contributed by atoms with E-state index in [-0.39, 0.29) is 6.29 Å². The summed E-state index contributed by atoms with van der Waals surface area (Å²) < 4.78 is 12.4. The van der Waals surface area contributed by atoms with Gasteiger partial charge in [0.15, 0.2) is 6.29 Å². The van der Waals surface area contributed by atoms with E-state index in [4.69, 9.17) is 9.47 Å². The minimum Gasteiger partial charge on any atom is -0.348 e. The van der Waals surface area contributed by atoms with Crippen molar-refractivity contribution in [2.75, 3.05) is 13.2 Å². The van der Waals surface area contributed by atoms with Crippen LogP contribution in [0.2, 0.25) is 0 Å². The van der Waals surface area contributed by atoms with Gasteiger partial charge in [0.05, 0.1) is 13.2 Å². The Balaban J connectivity index is 1.23. The van der Waals surface area contributed by atoms with Crippen LogP contribution in [-0.2, 0) is 9.47 Å². The molecule has 3 fully saturated rings. The molecule has 2 nitrogen and oxygen atoms in total. The lowest BCUT2D eigenvalue weighted by Gasteiger charge is -2.38. The van der Waals surface area contributed by atoms with Gasteiger partial charge in [-0.3, -0.25) is 0 Å². The van der Waals surface area contributed by atoms with Gasteiger partial charge in [0.1, 0.15) is 0 Å². The lowest BCUT2D eigenvalue weighted by atomic mass is 9.75. The second-order valence-electron chi connectivity index (χ2n) is 10.5. The molecule has 1 aromatic carbocycles. The van der Waals surface area contributed by atoms with E-state index in [1.807, 2.05) is 0 Å². The third kappa shape index (κ3) is 5.68. The van der Waals surface area contributed by atoms with Crippen LogP contribution in [0.25, 0.3) is 0 Å². The molecule has 4 rings (SSSR count). The monoisotopic (exact) mass is 412 g/mol. The highest BCUT2D eigenvalue weighted by Crippen LogP contribution is 2.40. The van der Waals surface area contributed by atoms with Gasteiger partial charge in [-0.15, -0.1) is 0 Å². The van der Waals surface area contributed by atoms with Crippen LogP contribution in [0.4, 0.5) is 0 Å². The fraction of sp³-hybridized carbons (Fsp3) is 0.786. The summed E-state index contributed by atoms with van der Waals surface area (Å²) in [6, 6.07) is 9.20. The van der Waals surface area contributed by atoms with Crippen molar-refractivity contribution in [1.29, 1.82) is 0 Å². The zero-order chi connectivity index (χ0) is 20.8. The average Bonchev–Trinajstić information content (AvgIpc) is 2.81. The molecule has 168 valence electrons. The Hall–Kier alpha value is -0.860. The van der Waals surface area contributed by atoms with E-state index < -0.39 is 0 Å². The maximum Gasteiger partial charge on any atom is 0.183 e. The van der Waals surface area contributed by atoms with E-state index in [1.54, 1.807) is 0 Å². The molecule has 2 aliphatic carbocycles. The summed E-state index contributed by atoms with van der Waals surface area (Å²) >= 11 is 0. The van der Waals surface area contributed by atoms with E-state index >= 15 is 0 Å². The molecule has 0 N–H and O–H groups in total. The molecular weight excluding hydrogens is 368 g/mol. The maximum absolute atomic E-state index is 6.21. The standard InChI is InChI=1S/C28H44O2/c1-3-5-21-7-11-23(12-8-21)24-15-17-26(18-16-24)28-29-19-27(20-30-28)25-13-9-22(6-4-2)10-14-25/h15-18,21-23,25,27-28H,3-14,19-20H2,1-2H3/t21?,22-,23?,25-,27-,28-. The molecule has 2 saturated carbocycles. The Morgan fingerprint density at radius 1 is 0.633 bits per heavy atom. The molecule has 1 saturated heterocycles. The van der Waals surface area contributed by atoms with Crippen LogP contribution >= 0.6 is 0 Å². The van der Waals surface area contributed by atoms with Crippen LogP contribution in [0.15, 0.2) is 24.3 Å². The van der Waals surface area contributed by atoms with Crippen molar-refractivity contribution in [2.24, 2.45) is 23.7 Å². The van der Waals surface area contributed by atoms with Gasteiger partial charge in [-0.1, -0.05) is 76.6 Å². The molecule has 1 aliphatic heterocycles. The highest BCUT2D eigenvalue weighted by Gasteiger charge is 2.32. The van der Waals surface area contributed by atoms with Gasteiger partial charge < -0.3 is 9.47 Å². The van der Waals surface area contributed by atoms with Crippen LogP contribution in [0.1, 0.15) is 114 Å². The summed E-state index contributed by atoms with van der Waals surface area (Å²) in [6.07, 6.45) is 16.5. The van der Waals surface area contributed by atoms with Crippen molar-refractivity contribution in [3.8, 4) is 0 Å². The molecule has 3 aliphatic rings. The number of rotatable bonds is 7. The van der Waals surface area contributed by atoms with Crippen molar-refractivity contribution < 1.29 is 9.47 Å². The third-order valence-corrected chi connectivity index (χ3v) is 8.40. The fourth-order valence-electron chi connectivity index (χ4n) is 6.46. The summed E-state index contributed by atoms with van der Waals surface area (Å²) in [7, 11) is 0.